The van der Waals surface area contributed by atoms with Crippen molar-refractivity contribution < 1.29 is 14.3 Å². The highest BCUT2D eigenvalue weighted by Crippen LogP contribution is 2.31. The van der Waals surface area contributed by atoms with Crippen molar-refractivity contribution in [3.8, 4) is 0 Å². The van der Waals surface area contributed by atoms with Crippen molar-refractivity contribution in [3.05, 3.63) is 45.6 Å². The first-order valence-corrected chi connectivity index (χ1v) is 8.37. The van der Waals surface area contributed by atoms with Crippen LogP contribution in [0.25, 0.3) is 0 Å². The molecule has 23 heavy (non-hydrogen) atoms. The number of carbonyl (C=O) groups is 2. The van der Waals surface area contributed by atoms with Crippen molar-refractivity contribution in [1.29, 1.82) is 0 Å². The van der Waals surface area contributed by atoms with Gasteiger partial charge in [-0.05, 0) is 24.6 Å². The number of amides is 2. The van der Waals surface area contributed by atoms with Crippen LogP contribution in [-0.4, -0.2) is 22.4 Å². The molecular weight excluding hydrogens is 430 g/mol. The summed E-state index contributed by atoms with van der Waals surface area (Å²) in [6.07, 6.45) is 0. The molecule has 0 unspecified atom stereocenters. The van der Waals surface area contributed by atoms with Gasteiger partial charge in [0.1, 0.15) is 6.61 Å². The van der Waals surface area contributed by atoms with Crippen LogP contribution in [0.2, 0.25) is 0 Å². The van der Waals surface area contributed by atoms with E-state index in [-0.39, 0.29) is 5.57 Å². The number of urea groups is 1. The highest BCUT2D eigenvalue weighted by atomic mass is 79.9. The van der Waals surface area contributed by atoms with Crippen LogP contribution in [0.5, 0.6) is 0 Å². The summed E-state index contributed by atoms with van der Waals surface area (Å²) < 4.78 is 4.14. The first-order valence-electron chi connectivity index (χ1n) is 6.45. The maximum atomic E-state index is 12.4. The maximum Gasteiger partial charge on any atom is 0.338 e. The number of rotatable bonds is 3. The van der Waals surface area contributed by atoms with Gasteiger partial charge in [0.2, 0.25) is 3.79 Å². The Morgan fingerprint density at radius 3 is 2.70 bits per heavy atom. The molecule has 1 aliphatic rings. The molecule has 1 aromatic carbocycles. The van der Waals surface area contributed by atoms with E-state index < -0.39 is 28.4 Å². The summed E-state index contributed by atoms with van der Waals surface area (Å²) in [5.74, 6) is -0.675. The molecule has 2 N–H and O–H groups in total. The normalized spacial score (nSPS) is 18.3. The summed E-state index contributed by atoms with van der Waals surface area (Å²) >= 11 is 20.1. The number of allylic oxidation sites excluding steroid dienone is 1. The Balaban J connectivity index is 2.33. The van der Waals surface area contributed by atoms with Gasteiger partial charge in [-0.1, -0.05) is 62.9 Å². The van der Waals surface area contributed by atoms with E-state index in [1.54, 1.807) is 25.1 Å². The SMILES string of the molecule is CC1=C(C(=O)OCC(Cl)(Cl)Cl)[C@@H](c2cccc(Br)c2)NC(=O)N1. The molecule has 0 radical (unpaired) electrons. The lowest BCUT2D eigenvalue weighted by Crippen LogP contribution is -2.45. The number of hydrogen-bond acceptors (Lipinski definition) is 3. The number of esters is 1. The minimum atomic E-state index is -1.71. The second-order valence-electron chi connectivity index (χ2n) is 4.82. The molecule has 5 nitrogen and oxygen atoms in total. The number of nitrogens with one attached hydrogen (secondary N) is 2. The van der Waals surface area contributed by atoms with Gasteiger partial charge in [-0.3, -0.25) is 0 Å². The summed E-state index contributed by atoms with van der Waals surface area (Å²) in [7, 11) is 0. The Morgan fingerprint density at radius 1 is 1.39 bits per heavy atom. The zero-order valence-electron chi connectivity index (χ0n) is 11.8. The number of ether oxygens (including phenoxy) is 1. The Bertz CT molecular complexity index is 673. The number of carbonyl (C=O) groups excluding carboxylic acids is 2. The summed E-state index contributed by atoms with van der Waals surface area (Å²) in [6.45, 7) is 1.21. The average Bonchev–Trinajstić information content (AvgIpc) is 2.43. The van der Waals surface area contributed by atoms with E-state index in [4.69, 9.17) is 39.5 Å². The molecule has 1 aromatic rings. The highest BCUT2D eigenvalue weighted by molar-refractivity contribution is 9.10. The fourth-order valence-electron chi connectivity index (χ4n) is 2.13. The van der Waals surface area contributed by atoms with Crippen molar-refractivity contribution in [1.82, 2.24) is 10.6 Å². The molecule has 124 valence electrons. The van der Waals surface area contributed by atoms with Crippen molar-refractivity contribution in [2.45, 2.75) is 16.8 Å². The molecule has 2 rings (SSSR count). The second kappa shape index (κ2) is 7.30. The predicted octanol–water partition coefficient (Wildman–Crippen LogP) is 3.99. The predicted molar refractivity (Wildman–Crippen MR) is 92.5 cm³/mol. The molecule has 0 saturated carbocycles. The topological polar surface area (TPSA) is 67.4 Å². The van der Waals surface area contributed by atoms with Crippen LogP contribution in [0.15, 0.2) is 40.0 Å². The summed E-state index contributed by atoms with van der Waals surface area (Å²) in [5.41, 5.74) is 1.35. The Kier molecular flexibility index (Phi) is 5.84. The van der Waals surface area contributed by atoms with Gasteiger partial charge in [-0.2, -0.15) is 0 Å². The Morgan fingerprint density at radius 2 is 2.09 bits per heavy atom. The third-order valence-corrected chi connectivity index (χ3v) is 3.86. The first kappa shape index (κ1) is 18.4. The maximum absolute atomic E-state index is 12.4. The quantitative estimate of drug-likeness (QED) is 0.550. The number of hydrogen-bond donors (Lipinski definition) is 2. The summed E-state index contributed by atoms with van der Waals surface area (Å²) in [5, 5.41) is 5.23. The van der Waals surface area contributed by atoms with Crippen LogP contribution >= 0.6 is 50.7 Å². The highest BCUT2D eigenvalue weighted by Gasteiger charge is 2.33. The third-order valence-electron chi connectivity index (χ3n) is 3.04. The molecule has 0 bridgehead atoms. The first-order chi connectivity index (χ1) is 10.7. The fourth-order valence-corrected chi connectivity index (χ4v) is 2.71. The number of alkyl halides is 3. The Labute approximate surface area is 156 Å². The standard InChI is InChI=1S/C14H12BrCl3N2O3/c1-7-10(12(21)23-6-14(16,17)18)11(20-13(22)19-7)8-3-2-4-9(15)5-8/h2-5,11H,6H2,1H3,(H2,19,20,22)/t11-/m1/s1. The van der Waals surface area contributed by atoms with Gasteiger partial charge in [0, 0.05) is 10.2 Å². The zero-order chi connectivity index (χ0) is 17.2. The largest absolute Gasteiger partial charge is 0.458 e. The number of halogens is 4. The van der Waals surface area contributed by atoms with Gasteiger partial charge < -0.3 is 15.4 Å². The van der Waals surface area contributed by atoms with E-state index in [0.717, 1.165) is 10.0 Å². The average molecular weight is 443 g/mol. The van der Waals surface area contributed by atoms with Crippen molar-refractivity contribution >= 4 is 62.7 Å². The summed E-state index contributed by atoms with van der Waals surface area (Å²) in [6, 6.07) is 6.15. The van der Waals surface area contributed by atoms with E-state index in [0.29, 0.717) is 5.70 Å². The van der Waals surface area contributed by atoms with Crippen LogP contribution in [0.4, 0.5) is 4.79 Å². The minimum absolute atomic E-state index is 0.247. The molecule has 9 heteroatoms. The monoisotopic (exact) mass is 440 g/mol. The smallest absolute Gasteiger partial charge is 0.338 e. The zero-order valence-corrected chi connectivity index (χ0v) is 15.7. The fraction of sp³-hybridized carbons (Fsp3) is 0.286. The molecular formula is C14H12BrCl3N2O3. The van der Waals surface area contributed by atoms with Crippen LogP contribution < -0.4 is 10.6 Å². The lowest BCUT2D eigenvalue weighted by atomic mass is 9.96. The molecule has 0 saturated heterocycles. The van der Waals surface area contributed by atoms with E-state index >= 15 is 0 Å². The van der Waals surface area contributed by atoms with Gasteiger partial charge in [-0.25, -0.2) is 9.59 Å². The van der Waals surface area contributed by atoms with Gasteiger partial charge in [0.15, 0.2) is 0 Å². The van der Waals surface area contributed by atoms with Crippen LogP contribution in [0, 0.1) is 0 Å². The molecule has 0 aliphatic carbocycles. The lowest BCUT2D eigenvalue weighted by molar-refractivity contribution is -0.139. The van der Waals surface area contributed by atoms with E-state index in [1.165, 1.54) is 0 Å². The van der Waals surface area contributed by atoms with E-state index in [1.807, 2.05) is 6.07 Å². The molecule has 0 aromatic heterocycles. The van der Waals surface area contributed by atoms with Crippen LogP contribution in [0.3, 0.4) is 0 Å². The van der Waals surface area contributed by atoms with Gasteiger partial charge in [-0.15, -0.1) is 0 Å². The van der Waals surface area contributed by atoms with Crippen LogP contribution in [0.1, 0.15) is 18.5 Å². The molecule has 0 fully saturated rings. The van der Waals surface area contributed by atoms with E-state index in [2.05, 4.69) is 26.6 Å². The molecule has 1 heterocycles. The molecule has 0 spiro atoms. The van der Waals surface area contributed by atoms with Gasteiger partial charge >= 0.3 is 12.0 Å². The van der Waals surface area contributed by atoms with E-state index in [9.17, 15) is 9.59 Å². The van der Waals surface area contributed by atoms with Crippen molar-refractivity contribution in [2.24, 2.45) is 0 Å². The van der Waals surface area contributed by atoms with Crippen molar-refractivity contribution in [2.75, 3.05) is 6.61 Å². The van der Waals surface area contributed by atoms with Gasteiger partial charge in [0.25, 0.3) is 0 Å². The van der Waals surface area contributed by atoms with Crippen LogP contribution in [-0.2, 0) is 9.53 Å². The summed E-state index contributed by atoms with van der Waals surface area (Å²) in [4.78, 5) is 24.1. The lowest BCUT2D eigenvalue weighted by Gasteiger charge is -2.28. The molecule has 1 aliphatic heterocycles. The van der Waals surface area contributed by atoms with Crippen molar-refractivity contribution in [3.63, 3.8) is 0 Å². The van der Waals surface area contributed by atoms with Gasteiger partial charge in [0.05, 0.1) is 11.6 Å². The molecule has 2 amide bonds. The second-order valence-corrected chi connectivity index (χ2v) is 8.25. The minimum Gasteiger partial charge on any atom is -0.458 e. The molecule has 1 atom stereocenters. The number of benzene rings is 1. The third kappa shape index (κ3) is 5.01. The Hall–Kier alpha value is -0.950.